The van der Waals surface area contributed by atoms with E-state index >= 15 is 0 Å². The molecule has 0 aromatic heterocycles. The van der Waals surface area contributed by atoms with E-state index in [1.54, 1.807) is 24.3 Å². The molecular formula is C13H16O4. The summed E-state index contributed by atoms with van der Waals surface area (Å²) >= 11 is 0. The molecule has 0 fully saturated rings. The Morgan fingerprint density at radius 3 is 2.47 bits per heavy atom. The van der Waals surface area contributed by atoms with Gasteiger partial charge in [0, 0.05) is 6.42 Å². The Bertz CT molecular complexity index is 359. The normalized spacial score (nSPS) is 9.71. The summed E-state index contributed by atoms with van der Waals surface area (Å²) in [5, 5.41) is 0. The lowest BCUT2D eigenvalue weighted by molar-refractivity contribution is -0.161. The molecule has 0 spiro atoms. The Balaban J connectivity index is 2.24. The molecule has 0 atom stereocenters. The summed E-state index contributed by atoms with van der Waals surface area (Å²) in [7, 11) is 0. The van der Waals surface area contributed by atoms with Crippen molar-refractivity contribution in [2.24, 2.45) is 0 Å². The molecule has 4 nitrogen and oxygen atoms in total. The molecule has 1 rings (SSSR count). The van der Waals surface area contributed by atoms with E-state index in [0.29, 0.717) is 5.75 Å². The summed E-state index contributed by atoms with van der Waals surface area (Å²) in [6.07, 6.45) is 1.89. The van der Waals surface area contributed by atoms with Gasteiger partial charge in [0.2, 0.25) is 0 Å². The number of carbonyl (C=O) groups excluding carboxylic acids is 2. The molecule has 0 aliphatic carbocycles. The summed E-state index contributed by atoms with van der Waals surface area (Å²) < 4.78 is 9.72. The minimum atomic E-state index is -0.657. The highest BCUT2D eigenvalue weighted by Gasteiger charge is 2.10. The molecule has 0 radical (unpaired) electrons. The van der Waals surface area contributed by atoms with E-state index in [0.717, 1.165) is 12.8 Å². The molecule has 1 aromatic rings. The number of para-hydroxylation sites is 1. The molecule has 92 valence electrons. The first-order valence-electron chi connectivity index (χ1n) is 5.63. The van der Waals surface area contributed by atoms with Crippen LogP contribution >= 0.6 is 0 Å². The van der Waals surface area contributed by atoms with Crippen molar-refractivity contribution in [1.29, 1.82) is 0 Å². The SMILES string of the molecule is CCCCC(=O)OC(=O)COc1ccccc1. The molecule has 0 aliphatic rings. The Morgan fingerprint density at radius 1 is 1.12 bits per heavy atom. The van der Waals surface area contributed by atoms with Gasteiger partial charge in [-0.1, -0.05) is 31.5 Å². The summed E-state index contributed by atoms with van der Waals surface area (Å²) in [5.41, 5.74) is 0. The average Bonchev–Trinajstić information content (AvgIpc) is 2.35. The van der Waals surface area contributed by atoms with Crippen LogP contribution in [-0.4, -0.2) is 18.5 Å². The van der Waals surface area contributed by atoms with Crippen LogP contribution in [0.15, 0.2) is 30.3 Å². The van der Waals surface area contributed by atoms with Crippen molar-refractivity contribution in [1.82, 2.24) is 0 Å². The van der Waals surface area contributed by atoms with Crippen molar-refractivity contribution in [3.8, 4) is 5.75 Å². The predicted octanol–water partition coefficient (Wildman–Crippen LogP) is 2.33. The molecule has 0 bridgehead atoms. The van der Waals surface area contributed by atoms with Crippen molar-refractivity contribution in [2.75, 3.05) is 6.61 Å². The van der Waals surface area contributed by atoms with E-state index in [4.69, 9.17) is 4.74 Å². The van der Waals surface area contributed by atoms with Gasteiger partial charge in [0.15, 0.2) is 6.61 Å². The molecule has 1 aromatic carbocycles. The summed E-state index contributed by atoms with van der Waals surface area (Å²) in [6, 6.07) is 8.90. The van der Waals surface area contributed by atoms with Gasteiger partial charge in [-0.2, -0.15) is 0 Å². The maximum absolute atomic E-state index is 11.2. The molecule has 0 unspecified atom stereocenters. The van der Waals surface area contributed by atoms with Crippen LogP contribution in [-0.2, 0) is 14.3 Å². The highest BCUT2D eigenvalue weighted by Crippen LogP contribution is 2.08. The second kappa shape index (κ2) is 7.44. The van der Waals surface area contributed by atoms with Crippen molar-refractivity contribution in [3.63, 3.8) is 0 Å². The first-order valence-corrected chi connectivity index (χ1v) is 5.63. The molecule has 0 N–H and O–H groups in total. The third-order valence-electron chi connectivity index (χ3n) is 2.06. The number of esters is 2. The van der Waals surface area contributed by atoms with Crippen LogP contribution in [0.2, 0.25) is 0 Å². The second-order valence-electron chi connectivity index (χ2n) is 3.55. The molecule has 4 heteroatoms. The van der Waals surface area contributed by atoms with Gasteiger partial charge in [-0.15, -0.1) is 0 Å². The third-order valence-corrected chi connectivity index (χ3v) is 2.06. The summed E-state index contributed by atoms with van der Waals surface area (Å²) in [4.78, 5) is 22.3. The van der Waals surface area contributed by atoms with Crippen molar-refractivity contribution < 1.29 is 19.1 Å². The smallest absolute Gasteiger partial charge is 0.351 e. The van der Waals surface area contributed by atoms with Crippen LogP contribution in [0.5, 0.6) is 5.75 Å². The van der Waals surface area contributed by atoms with E-state index in [1.165, 1.54) is 0 Å². The Labute approximate surface area is 101 Å². The number of unbranched alkanes of at least 4 members (excludes halogenated alkanes) is 1. The molecule has 0 saturated heterocycles. The largest absolute Gasteiger partial charge is 0.482 e. The fourth-order valence-corrected chi connectivity index (χ4v) is 1.19. The fourth-order valence-electron chi connectivity index (χ4n) is 1.19. The lowest BCUT2D eigenvalue weighted by atomic mass is 10.2. The number of benzene rings is 1. The monoisotopic (exact) mass is 236 g/mol. The number of hydrogen-bond acceptors (Lipinski definition) is 4. The lowest BCUT2D eigenvalue weighted by Crippen LogP contribution is -2.18. The predicted molar refractivity (Wildman–Crippen MR) is 62.6 cm³/mol. The van der Waals surface area contributed by atoms with Crippen LogP contribution in [0.4, 0.5) is 0 Å². The van der Waals surface area contributed by atoms with E-state index in [9.17, 15) is 9.59 Å². The van der Waals surface area contributed by atoms with Gasteiger partial charge in [-0.25, -0.2) is 4.79 Å². The maximum Gasteiger partial charge on any atom is 0.351 e. The van der Waals surface area contributed by atoms with E-state index in [-0.39, 0.29) is 13.0 Å². The number of rotatable bonds is 6. The molecule has 17 heavy (non-hydrogen) atoms. The highest BCUT2D eigenvalue weighted by molar-refractivity contribution is 5.86. The highest BCUT2D eigenvalue weighted by atomic mass is 16.6. The average molecular weight is 236 g/mol. The van der Waals surface area contributed by atoms with Crippen LogP contribution in [0, 0.1) is 0 Å². The van der Waals surface area contributed by atoms with Gasteiger partial charge in [0.25, 0.3) is 0 Å². The standard InChI is InChI=1S/C13H16O4/c1-2-3-9-12(14)17-13(15)10-16-11-7-5-4-6-8-11/h4-8H,2-3,9-10H2,1H3. The second-order valence-corrected chi connectivity index (χ2v) is 3.55. The van der Waals surface area contributed by atoms with Crippen LogP contribution in [0.1, 0.15) is 26.2 Å². The zero-order chi connectivity index (χ0) is 12.5. The minimum absolute atomic E-state index is 0.248. The van der Waals surface area contributed by atoms with Crippen LogP contribution in [0.3, 0.4) is 0 Å². The van der Waals surface area contributed by atoms with Gasteiger partial charge in [-0.05, 0) is 18.6 Å². The molecular weight excluding hydrogens is 220 g/mol. The lowest BCUT2D eigenvalue weighted by Gasteiger charge is -2.05. The van der Waals surface area contributed by atoms with Crippen molar-refractivity contribution in [2.45, 2.75) is 26.2 Å². The zero-order valence-electron chi connectivity index (χ0n) is 9.85. The molecule has 0 saturated carbocycles. The zero-order valence-corrected chi connectivity index (χ0v) is 9.85. The first-order chi connectivity index (χ1) is 8.22. The number of hydrogen-bond donors (Lipinski definition) is 0. The summed E-state index contributed by atoms with van der Waals surface area (Å²) in [5.74, 6) is -0.575. The van der Waals surface area contributed by atoms with E-state index in [1.807, 2.05) is 13.0 Å². The van der Waals surface area contributed by atoms with Crippen LogP contribution < -0.4 is 4.74 Å². The van der Waals surface area contributed by atoms with E-state index in [2.05, 4.69) is 4.74 Å². The third kappa shape index (κ3) is 5.70. The fraction of sp³-hybridized carbons (Fsp3) is 0.385. The van der Waals surface area contributed by atoms with Gasteiger partial charge >= 0.3 is 11.9 Å². The maximum atomic E-state index is 11.2. The Kier molecular flexibility index (Phi) is 5.79. The number of carbonyl (C=O) groups is 2. The van der Waals surface area contributed by atoms with Crippen molar-refractivity contribution >= 4 is 11.9 Å². The van der Waals surface area contributed by atoms with Gasteiger partial charge in [0.1, 0.15) is 5.75 Å². The first kappa shape index (κ1) is 13.2. The molecule has 0 aliphatic heterocycles. The van der Waals surface area contributed by atoms with E-state index < -0.39 is 11.9 Å². The molecule has 0 amide bonds. The summed E-state index contributed by atoms with van der Waals surface area (Å²) in [6.45, 7) is 1.72. The minimum Gasteiger partial charge on any atom is -0.482 e. The van der Waals surface area contributed by atoms with Crippen molar-refractivity contribution in [3.05, 3.63) is 30.3 Å². The van der Waals surface area contributed by atoms with Gasteiger partial charge < -0.3 is 9.47 Å². The van der Waals surface area contributed by atoms with Crippen LogP contribution in [0.25, 0.3) is 0 Å². The van der Waals surface area contributed by atoms with Gasteiger partial charge in [-0.3, -0.25) is 4.79 Å². The topological polar surface area (TPSA) is 52.6 Å². The quantitative estimate of drug-likeness (QED) is 0.562. The Morgan fingerprint density at radius 2 is 1.82 bits per heavy atom. The number of ether oxygens (including phenoxy) is 2. The van der Waals surface area contributed by atoms with Gasteiger partial charge in [0.05, 0.1) is 0 Å². The molecule has 0 heterocycles. The Hall–Kier alpha value is -1.84.